The molecule has 0 amide bonds. The summed E-state index contributed by atoms with van der Waals surface area (Å²) >= 11 is 1.56. The van der Waals surface area contributed by atoms with Gasteiger partial charge < -0.3 is 119 Å². The first-order valence-electron chi connectivity index (χ1n) is 27.0. The molecule has 0 aliphatic heterocycles. The van der Waals surface area contributed by atoms with Crippen molar-refractivity contribution in [2.24, 2.45) is 5.92 Å². The van der Waals surface area contributed by atoms with Crippen molar-refractivity contribution in [3.8, 4) is 0 Å². The molecule has 404 valence electrons. The quantitative estimate of drug-likeness (QED) is 0.0189. The molecule has 0 saturated heterocycles. The molecule has 0 radical (unpaired) electrons. The van der Waals surface area contributed by atoms with Crippen molar-refractivity contribution in [1.82, 2.24) is 0 Å². The van der Waals surface area contributed by atoms with E-state index in [4.69, 9.17) is 64.1 Å². The van der Waals surface area contributed by atoms with Crippen molar-refractivity contribution in [3.05, 3.63) is 35.9 Å². The van der Waals surface area contributed by atoms with E-state index in [1.165, 1.54) is 7.11 Å². The number of hydrogen-bond acceptors (Lipinski definition) is 26. The normalized spacial score (nSPS) is 15.8. The molecule has 1 aromatic rings. The highest BCUT2D eigenvalue weighted by molar-refractivity contribution is 7.98. The SMILES string of the molecule is [3H]O[Si](CC(C)COCOC)(O[3H])O[3H].[3H]O[Si](CCCOC(C)OCC)(O[3H])O[3H].[3H]O[Si](CCCOCOCCOC)(O[3H])O[3H].[3H]O[Si](CCCOCOCc1ccccc1)(O[3H])O[3H].[3H]O[Si](CCCOCSC)(O[3H])O[3H]. The van der Waals surface area contributed by atoms with Gasteiger partial charge in [-0.15, -0.1) is 11.8 Å². The molecule has 25 nitrogen and oxygen atoms in total. The van der Waals surface area contributed by atoms with Gasteiger partial charge in [0.15, 0.2) is 27.8 Å². The van der Waals surface area contributed by atoms with Crippen molar-refractivity contribution < 1.29 is 119 Å². The fourth-order valence-electron chi connectivity index (χ4n) is 4.12. The summed E-state index contributed by atoms with van der Waals surface area (Å²) in [6.45, 7) is 9.82. The summed E-state index contributed by atoms with van der Waals surface area (Å²) in [6, 6.07) is 10.7. The fourth-order valence-corrected chi connectivity index (χ4v) is 7.69. The van der Waals surface area contributed by atoms with E-state index in [1.807, 2.05) is 50.4 Å². The van der Waals surface area contributed by atoms with Gasteiger partial charge in [-0.1, -0.05) is 37.3 Å². The van der Waals surface area contributed by atoms with E-state index in [9.17, 15) is 0 Å². The zero-order chi connectivity index (χ0) is 62.7. The Hall–Kier alpha value is -0.346. The molecule has 0 aromatic heterocycles. The number of thioether (sulfide) groups is 1. The third-order valence-corrected chi connectivity index (χ3v) is 12.4. The molecule has 0 aliphatic carbocycles. The van der Waals surface area contributed by atoms with Crippen molar-refractivity contribution in [3.63, 3.8) is 0 Å². The monoisotopic (exact) mass is 1120 g/mol. The minimum atomic E-state index is -3.46. The summed E-state index contributed by atoms with van der Waals surface area (Å²) in [5.74, 6) is 0.549. The molecular formula is C36H84O25SSi5. The Balaban J connectivity index is -0.000000466. The van der Waals surface area contributed by atoms with E-state index < -0.39 is 44.0 Å². The highest BCUT2D eigenvalue weighted by Gasteiger charge is 2.30. The third kappa shape index (κ3) is 77.3. The Morgan fingerprint density at radius 2 is 0.985 bits per heavy atom. The second-order valence-corrected chi connectivity index (χ2v) is 24.0. The topological polar surface area (TPSA) is 396 Å². The van der Waals surface area contributed by atoms with Gasteiger partial charge >= 0.3 is 44.0 Å². The Morgan fingerprint density at radius 1 is 0.522 bits per heavy atom. The van der Waals surface area contributed by atoms with Gasteiger partial charge in [0.1, 0.15) is 20.4 Å². The fraction of sp³-hybridized carbons (Fsp3) is 0.833. The highest BCUT2D eigenvalue weighted by atomic mass is 32.2. The van der Waals surface area contributed by atoms with Crippen LogP contribution in [0.25, 0.3) is 0 Å². The van der Waals surface area contributed by atoms with Crippen molar-refractivity contribution in [2.75, 3.05) is 99.6 Å². The van der Waals surface area contributed by atoms with E-state index in [2.05, 4.69) is 76.7 Å². The lowest BCUT2D eigenvalue weighted by atomic mass is 10.2. The van der Waals surface area contributed by atoms with Gasteiger partial charge in [0.2, 0.25) is 0 Å². The summed E-state index contributed by atoms with van der Waals surface area (Å²) < 4.78 is 151. The standard InChI is InChI=1S/C11H18O5Si.C7H18O6Si.C7H18O5Si.C6H16O5Si.C5H14O4SSi/c12-17(13,14)8-4-7-15-10-16-9-11-5-2-1-3-6-11;1-11-4-5-13-7-12-3-2-6-14(8,9)10;1-3-11-7(2)12-5-4-6-13(8,9)10;1-6(3-11-5-10-2)4-12(7,8)9;1-10-5-9-3-2-4-11(6,7)8/h1-3,5-6,12-14H,4,7-10H2;8-10H,2-7H2,1H3;7-10H,3-6H2,1-2H3;6-9H,3-5H2,1-2H3;6-8H,2-5H2,1H3/i12T,13T,14T;2*8T,9T,10T;7T,8T,9T;6T,7T,8T. The van der Waals surface area contributed by atoms with E-state index >= 15 is 0 Å². The maximum atomic E-state index is 6.76. The highest BCUT2D eigenvalue weighted by Crippen LogP contribution is 2.10. The summed E-state index contributed by atoms with van der Waals surface area (Å²) in [5.41, 5.74) is 1.07. The van der Waals surface area contributed by atoms with Crippen molar-refractivity contribution in [2.45, 2.75) is 89.6 Å². The Kier molecular flexibility index (Phi) is 33.2. The largest absolute Gasteiger partial charge is 0.493 e. The maximum Gasteiger partial charge on any atom is 0.493 e. The van der Waals surface area contributed by atoms with Crippen LogP contribution in [-0.4, -0.2) is 243 Å². The summed E-state index contributed by atoms with van der Waals surface area (Å²) in [6.07, 6.45) is 3.55. The van der Waals surface area contributed by atoms with E-state index in [0.717, 1.165) is 5.56 Å². The number of rotatable bonds is 51. The second-order valence-electron chi connectivity index (χ2n) is 13.9. The molecular weight excluding hydrogens is 1000 g/mol. The average Bonchev–Trinajstić information content (AvgIpc) is 3.52. The van der Waals surface area contributed by atoms with Gasteiger partial charge in [-0.2, -0.15) is 0 Å². The lowest BCUT2D eigenvalue weighted by Crippen LogP contribution is -2.37. The molecule has 0 aliphatic rings. The van der Waals surface area contributed by atoms with E-state index in [-0.39, 0.29) is 62.8 Å². The average molecular weight is 1120 g/mol. The number of methoxy groups -OCH3 is 2. The van der Waals surface area contributed by atoms with Gasteiger partial charge in [-0.05, 0) is 57.3 Å². The smallest absolute Gasteiger partial charge is 0.390 e. The first-order valence-corrected chi connectivity index (χ1v) is 31.9. The van der Waals surface area contributed by atoms with Crippen molar-refractivity contribution in [1.29, 1.82) is 21.5 Å². The number of ether oxygens (including phenoxy) is 10. The summed E-state index contributed by atoms with van der Waals surface area (Å²) in [4.78, 5) is 62.7. The molecule has 0 spiro atoms. The predicted octanol–water partition coefficient (Wildman–Crippen LogP) is -2.11. The minimum Gasteiger partial charge on any atom is -0.390 e. The van der Waals surface area contributed by atoms with Crippen LogP contribution in [0, 0.1) is 5.92 Å². The summed E-state index contributed by atoms with van der Waals surface area (Å²) in [7, 11) is -14.1. The van der Waals surface area contributed by atoms with E-state index in [1.54, 1.807) is 25.8 Å². The van der Waals surface area contributed by atoms with Gasteiger partial charge in [-0.3, -0.25) is 0 Å². The van der Waals surface area contributed by atoms with Crippen LogP contribution in [0.15, 0.2) is 30.3 Å². The first kappa shape index (κ1) is 47.6. The molecule has 0 fully saturated rings. The molecule has 2 atom stereocenters. The van der Waals surface area contributed by atoms with Crippen LogP contribution in [0.4, 0.5) is 0 Å². The Morgan fingerprint density at radius 3 is 1.43 bits per heavy atom. The Bertz CT molecular complexity index is 1420. The molecule has 0 saturated carbocycles. The molecule has 15 N–H and O–H groups in total. The van der Waals surface area contributed by atoms with Crippen LogP contribution in [-0.2, 0) is 54.0 Å². The lowest BCUT2D eigenvalue weighted by Gasteiger charge is -2.15. The number of hydrogen-bond donors (Lipinski definition) is 15. The van der Waals surface area contributed by atoms with Crippen molar-refractivity contribution >= 4 is 55.8 Å². The molecule has 1 aromatic carbocycles. The van der Waals surface area contributed by atoms with Gasteiger partial charge in [0.25, 0.3) is 0 Å². The van der Waals surface area contributed by atoms with Gasteiger partial charge in [-0.25, -0.2) is 0 Å². The zero-order valence-electron chi connectivity index (χ0n) is 54.2. The second kappa shape index (κ2) is 46.7. The van der Waals surface area contributed by atoms with Crippen LogP contribution >= 0.6 is 11.8 Å². The number of benzene rings is 1. The minimum absolute atomic E-state index is 0.0483. The molecule has 31 heteroatoms. The van der Waals surface area contributed by atoms with E-state index in [0.29, 0.717) is 91.1 Å². The maximum absolute atomic E-state index is 6.76. The molecule has 0 heterocycles. The van der Waals surface area contributed by atoms with Gasteiger partial charge in [0, 0.05) is 77.5 Å². The van der Waals surface area contributed by atoms with Crippen LogP contribution in [0.2, 0.25) is 30.2 Å². The predicted molar refractivity (Wildman–Crippen MR) is 254 cm³/mol. The molecule has 2 unspecified atom stereocenters. The molecule has 67 heavy (non-hydrogen) atoms. The molecule has 0 bridgehead atoms. The molecule has 1 rings (SSSR count). The van der Waals surface area contributed by atoms with Crippen LogP contribution in [0.3, 0.4) is 0 Å². The zero-order valence-corrected chi connectivity index (χ0v) is 45.0. The first-order chi connectivity index (χ1) is 39.5. The van der Waals surface area contributed by atoms with Crippen LogP contribution in [0.5, 0.6) is 0 Å². The Labute approximate surface area is 427 Å². The van der Waals surface area contributed by atoms with Gasteiger partial charge in [0.05, 0.1) is 32.4 Å². The van der Waals surface area contributed by atoms with Crippen LogP contribution < -0.4 is 0 Å². The third-order valence-electron chi connectivity index (χ3n) is 6.98. The van der Waals surface area contributed by atoms with Crippen LogP contribution in [0.1, 0.15) is 52.0 Å². The lowest BCUT2D eigenvalue weighted by molar-refractivity contribution is -0.127. The summed E-state index contributed by atoms with van der Waals surface area (Å²) in [5, 5.41) is 0.